The van der Waals surface area contributed by atoms with Gasteiger partial charge in [-0.2, -0.15) is 0 Å². The predicted octanol–water partition coefficient (Wildman–Crippen LogP) is 1.65. The van der Waals surface area contributed by atoms with Crippen LogP contribution in [0.4, 0.5) is 0 Å². The van der Waals surface area contributed by atoms with E-state index in [4.69, 9.17) is 11.6 Å². The minimum absolute atomic E-state index is 0.192. The van der Waals surface area contributed by atoms with Gasteiger partial charge in [-0.1, -0.05) is 24.9 Å². The zero-order valence-electron chi connectivity index (χ0n) is 9.47. The Balaban J connectivity index is 2.66. The van der Waals surface area contributed by atoms with Gasteiger partial charge in [0.1, 0.15) is 5.15 Å². The minimum Gasteiger partial charge on any atom is -0.297 e. The van der Waals surface area contributed by atoms with Crippen molar-refractivity contribution >= 4 is 11.6 Å². The molecule has 0 bridgehead atoms. The highest BCUT2D eigenvalue weighted by Gasteiger charge is 2.42. The van der Waals surface area contributed by atoms with E-state index in [2.05, 4.69) is 4.98 Å². The van der Waals surface area contributed by atoms with Crippen molar-refractivity contribution in [3.63, 3.8) is 0 Å². The van der Waals surface area contributed by atoms with Gasteiger partial charge in [0, 0.05) is 0 Å². The first-order valence-electron chi connectivity index (χ1n) is 5.54. The van der Waals surface area contributed by atoms with Gasteiger partial charge in [-0.15, -0.1) is 0 Å². The van der Waals surface area contributed by atoms with Crippen LogP contribution in [0.5, 0.6) is 0 Å². The van der Waals surface area contributed by atoms with E-state index in [1.807, 2.05) is 13.8 Å². The molecule has 1 aliphatic rings. The number of aromatic amines is 1. The van der Waals surface area contributed by atoms with Crippen LogP contribution in [-0.4, -0.2) is 9.55 Å². The summed E-state index contributed by atoms with van der Waals surface area (Å²) >= 11 is 5.89. The molecule has 1 fully saturated rings. The monoisotopic (exact) mass is 242 g/mol. The van der Waals surface area contributed by atoms with Crippen molar-refractivity contribution in [2.75, 3.05) is 0 Å². The molecule has 0 radical (unpaired) electrons. The lowest BCUT2D eigenvalue weighted by Gasteiger charge is -2.13. The summed E-state index contributed by atoms with van der Waals surface area (Å²) in [5.74, 6) is 0. The molecule has 1 aromatic rings. The molecule has 4 nitrogen and oxygen atoms in total. The number of nitrogens with one attached hydrogen (secondary N) is 1. The lowest BCUT2D eigenvalue weighted by Crippen LogP contribution is -2.42. The third kappa shape index (κ3) is 1.71. The summed E-state index contributed by atoms with van der Waals surface area (Å²) in [5.41, 5.74) is -0.389. The normalized spacial score (nSPS) is 17.4. The van der Waals surface area contributed by atoms with Gasteiger partial charge in [0.25, 0.3) is 5.56 Å². The van der Waals surface area contributed by atoms with E-state index in [0.29, 0.717) is 12.0 Å². The fraction of sp³-hybridized carbons (Fsp3) is 0.636. The Bertz CT molecular complexity index is 526. The Kier molecular flexibility index (Phi) is 2.70. The Morgan fingerprint density at radius 2 is 2.06 bits per heavy atom. The van der Waals surface area contributed by atoms with Crippen molar-refractivity contribution in [2.24, 2.45) is 0 Å². The minimum atomic E-state index is -0.394. The van der Waals surface area contributed by atoms with Crippen LogP contribution in [0.15, 0.2) is 9.59 Å². The van der Waals surface area contributed by atoms with Crippen molar-refractivity contribution in [3.05, 3.63) is 31.6 Å². The molecule has 0 aromatic carbocycles. The summed E-state index contributed by atoms with van der Waals surface area (Å²) in [7, 11) is 0. The van der Waals surface area contributed by atoms with Crippen LogP contribution in [0.3, 0.4) is 0 Å². The maximum Gasteiger partial charge on any atom is 0.330 e. The molecule has 1 heterocycles. The topological polar surface area (TPSA) is 54.9 Å². The fourth-order valence-corrected chi connectivity index (χ4v) is 2.16. The number of H-pyrrole nitrogens is 1. The molecule has 0 atom stereocenters. The van der Waals surface area contributed by atoms with Crippen LogP contribution in [0.2, 0.25) is 5.15 Å². The van der Waals surface area contributed by atoms with E-state index in [1.54, 1.807) is 0 Å². The van der Waals surface area contributed by atoms with E-state index < -0.39 is 5.69 Å². The first kappa shape index (κ1) is 11.5. The summed E-state index contributed by atoms with van der Waals surface area (Å²) in [6.45, 7) is 3.90. The second-order valence-corrected chi connectivity index (χ2v) is 4.99. The van der Waals surface area contributed by atoms with Crippen LogP contribution < -0.4 is 11.2 Å². The van der Waals surface area contributed by atoms with Crippen LogP contribution in [0.25, 0.3) is 0 Å². The molecule has 0 saturated heterocycles. The average molecular weight is 243 g/mol. The first-order chi connectivity index (χ1) is 7.49. The Hall–Kier alpha value is -1.03. The van der Waals surface area contributed by atoms with Crippen molar-refractivity contribution in [1.82, 2.24) is 9.55 Å². The number of rotatable bonds is 3. The molecule has 1 aromatic heterocycles. The number of hydrogen-bond acceptors (Lipinski definition) is 2. The fourth-order valence-electron chi connectivity index (χ4n) is 1.91. The number of aromatic nitrogens is 2. The first-order valence-corrected chi connectivity index (χ1v) is 5.91. The molecule has 0 unspecified atom stereocenters. The maximum atomic E-state index is 12.1. The molecule has 0 amide bonds. The van der Waals surface area contributed by atoms with E-state index in [-0.39, 0.29) is 16.3 Å². The lowest BCUT2D eigenvalue weighted by molar-refractivity contribution is 0.481. The van der Waals surface area contributed by atoms with Crippen molar-refractivity contribution in [2.45, 2.75) is 45.1 Å². The zero-order valence-corrected chi connectivity index (χ0v) is 10.2. The molecule has 5 heteroatoms. The molecule has 1 N–H and O–H groups in total. The number of hydrogen-bond donors (Lipinski definition) is 1. The third-order valence-corrected chi connectivity index (χ3v) is 3.48. The standard InChI is InChI=1S/C11H15ClN2O2/c1-3-4-7-8(12)13-10(16)14(9(7)15)11(2)5-6-11/h3-6H2,1-2H3,(H,13,16). The van der Waals surface area contributed by atoms with Crippen LogP contribution >= 0.6 is 11.6 Å². The highest BCUT2D eigenvalue weighted by atomic mass is 35.5. The highest BCUT2D eigenvalue weighted by Crippen LogP contribution is 2.40. The Labute approximate surface area is 98.3 Å². The smallest absolute Gasteiger partial charge is 0.297 e. The van der Waals surface area contributed by atoms with Gasteiger partial charge < -0.3 is 0 Å². The maximum absolute atomic E-state index is 12.1. The van der Waals surface area contributed by atoms with E-state index >= 15 is 0 Å². The van der Waals surface area contributed by atoms with Crippen LogP contribution in [0.1, 0.15) is 38.7 Å². The van der Waals surface area contributed by atoms with E-state index in [0.717, 1.165) is 19.3 Å². The molecule has 0 spiro atoms. The molecule has 0 aliphatic heterocycles. The zero-order chi connectivity index (χ0) is 11.9. The quantitative estimate of drug-likeness (QED) is 0.820. The van der Waals surface area contributed by atoms with Gasteiger partial charge in [-0.3, -0.25) is 14.3 Å². The third-order valence-electron chi connectivity index (χ3n) is 3.16. The summed E-state index contributed by atoms with van der Waals surface area (Å²) < 4.78 is 1.32. The Morgan fingerprint density at radius 1 is 1.44 bits per heavy atom. The summed E-state index contributed by atoms with van der Waals surface area (Å²) in [6, 6.07) is 0. The van der Waals surface area contributed by atoms with Gasteiger partial charge >= 0.3 is 5.69 Å². The van der Waals surface area contributed by atoms with Gasteiger partial charge in [-0.25, -0.2) is 4.79 Å². The van der Waals surface area contributed by atoms with E-state index in [1.165, 1.54) is 4.57 Å². The molecular weight excluding hydrogens is 228 g/mol. The summed E-state index contributed by atoms with van der Waals surface area (Å²) in [5, 5.41) is 0.192. The van der Waals surface area contributed by atoms with Gasteiger partial charge in [-0.05, 0) is 26.2 Å². The van der Waals surface area contributed by atoms with Crippen molar-refractivity contribution < 1.29 is 0 Å². The van der Waals surface area contributed by atoms with Crippen LogP contribution in [-0.2, 0) is 12.0 Å². The number of nitrogens with zero attached hydrogens (tertiary/aromatic N) is 1. The van der Waals surface area contributed by atoms with Crippen molar-refractivity contribution in [3.8, 4) is 0 Å². The largest absolute Gasteiger partial charge is 0.330 e. The molecule has 2 rings (SSSR count). The van der Waals surface area contributed by atoms with Gasteiger partial charge in [0.05, 0.1) is 11.1 Å². The average Bonchev–Trinajstić information content (AvgIpc) is 2.91. The number of halogens is 1. The molecule has 88 valence electrons. The van der Waals surface area contributed by atoms with Gasteiger partial charge in [0.2, 0.25) is 0 Å². The van der Waals surface area contributed by atoms with Crippen LogP contribution in [0, 0.1) is 0 Å². The molecular formula is C11H15ClN2O2. The Morgan fingerprint density at radius 3 is 2.56 bits per heavy atom. The van der Waals surface area contributed by atoms with Gasteiger partial charge in [0.15, 0.2) is 0 Å². The van der Waals surface area contributed by atoms with E-state index in [9.17, 15) is 9.59 Å². The second-order valence-electron chi connectivity index (χ2n) is 4.61. The summed E-state index contributed by atoms with van der Waals surface area (Å²) in [6.07, 6.45) is 3.19. The highest BCUT2D eigenvalue weighted by molar-refractivity contribution is 6.30. The molecule has 16 heavy (non-hydrogen) atoms. The second kappa shape index (κ2) is 3.77. The van der Waals surface area contributed by atoms with Crippen molar-refractivity contribution in [1.29, 1.82) is 0 Å². The lowest BCUT2D eigenvalue weighted by atomic mass is 10.2. The summed E-state index contributed by atoms with van der Waals surface area (Å²) in [4.78, 5) is 26.4. The molecule has 1 aliphatic carbocycles. The SMILES string of the molecule is CCCc1c(Cl)[nH]c(=O)n(C2(C)CC2)c1=O. The predicted molar refractivity (Wildman–Crippen MR) is 63.2 cm³/mol. The molecule has 1 saturated carbocycles.